The molecule has 19 heavy (non-hydrogen) atoms. The first-order valence-corrected chi connectivity index (χ1v) is 6.92. The second-order valence-electron chi connectivity index (χ2n) is 5.39. The average molecular weight is 271 g/mol. The molecule has 2 aliphatic rings. The monoisotopic (exact) mass is 271 g/mol. The van der Waals surface area contributed by atoms with Gasteiger partial charge in [0.2, 0.25) is 5.91 Å². The Balaban J connectivity index is 1.74. The van der Waals surface area contributed by atoms with Crippen molar-refractivity contribution in [2.45, 2.75) is 56.8 Å². The molecule has 1 aliphatic carbocycles. The number of aliphatic hydroxyl groups excluding tert-OH is 1. The van der Waals surface area contributed by atoms with Gasteiger partial charge in [0.1, 0.15) is 6.10 Å². The molecule has 6 nitrogen and oxygen atoms in total. The molecular weight excluding hydrogens is 250 g/mol. The Labute approximate surface area is 112 Å². The lowest BCUT2D eigenvalue weighted by Gasteiger charge is -2.28. The molecule has 1 amide bonds. The maximum absolute atomic E-state index is 11.9. The molecule has 1 saturated heterocycles. The molecule has 3 N–H and O–H groups in total. The molecule has 4 atom stereocenters. The third-order valence-corrected chi connectivity index (χ3v) is 3.99. The lowest BCUT2D eigenvalue weighted by molar-refractivity contribution is -0.151. The first-order chi connectivity index (χ1) is 9.08. The Morgan fingerprint density at radius 1 is 1.11 bits per heavy atom. The average Bonchev–Trinajstić information content (AvgIpc) is 2.87. The Kier molecular flexibility index (Phi) is 4.76. The van der Waals surface area contributed by atoms with Crippen LogP contribution >= 0.6 is 0 Å². The van der Waals surface area contributed by atoms with Gasteiger partial charge in [-0.25, -0.2) is 4.79 Å². The maximum Gasteiger partial charge on any atom is 0.332 e. The van der Waals surface area contributed by atoms with Crippen molar-refractivity contribution in [3.63, 3.8) is 0 Å². The van der Waals surface area contributed by atoms with E-state index in [1.54, 1.807) is 0 Å². The topological polar surface area (TPSA) is 95.9 Å². The van der Waals surface area contributed by atoms with E-state index in [9.17, 15) is 14.7 Å². The second kappa shape index (κ2) is 6.34. The van der Waals surface area contributed by atoms with Crippen LogP contribution in [0, 0.1) is 5.92 Å². The summed E-state index contributed by atoms with van der Waals surface area (Å²) < 4.78 is 5.18. The molecule has 6 heteroatoms. The van der Waals surface area contributed by atoms with Gasteiger partial charge in [-0.1, -0.05) is 12.8 Å². The molecule has 0 radical (unpaired) electrons. The minimum atomic E-state index is -1.02. The summed E-state index contributed by atoms with van der Waals surface area (Å²) in [6.07, 6.45) is 2.78. The number of hydrogen-bond donors (Lipinski definition) is 3. The summed E-state index contributed by atoms with van der Waals surface area (Å²) in [5.41, 5.74) is 0. The number of rotatable bonds is 4. The van der Waals surface area contributed by atoms with E-state index in [1.165, 1.54) is 0 Å². The van der Waals surface area contributed by atoms with Gasteiger partial charge in [0, 0.05) is 12.5 Å². The molecule has 2 rings (SSSR count). The minimum absolute atomic E-state index is 0.106. The Bertz CT molecular complexity index is 346. The van der Waals surface area contributed by atoms with Gasteiger partial charge in [-0.2, -0.15) is 0 Å². The molecule has 2 fully saturated rings. The van der Waals surface area contributed by atoms with Crippen molar-refractivity contribution >= 4 is 11.9 Å². The van der Waals surface area contributed by atoms with Gasteiger partial charge in [0.25, 0.3) is 0 Å². The highest BCUT2D eigenvalue weighted by Gasteiger charge is 2.35. The van der Waals surface area contributed by atoms with Gasteiger partial charge in [-0.05, 0) is 25.7 Å². The van der Waals surface area contributed by atoms with Crippen LogP contribution in [0.25, 0.3) is 0 Å². The van der Waals surface area contributed by atoms with Crippen molar-refractivity contribution in [1.29, 1.82) is 0 Å². The molecule has 0 aromatic rings. The highest BCUT2D eigenvalue weighted by atomic mass is 16.5. The van der Waals surface area contributed by atoms with E-state index in [4.69, 9.17) is 9.84 Å². The Morgan fingerprint density at radius 3 is 2.42 bits per heavy atom. The van der Waals surface area contributed by atoms with Crippen LogP contribution in [0.15, 0.2) is 0 Å². The number of nitrogens with one attached hydrogen (secondary N) is 1. The van der Waals surface area contributed by atoms with Gasteiger partial charge in [0.05, 0.1) is 6.10 Å². The van der Waals surface area contributed by atoms with Crippen LogP contribution in [-0.4, -0.2) is 46.9 Å². The number of hydrogen-bond acceptors (Lipinski definition) is 4. The van der Waals surface area contributed by atoms with E-state index >= 15 is 0 Å². The number of ether oxygens (including phenoxy) is 1. The molecule has 2 unspecified atom stereocenters. The Hall–Kier alpha value is -1.14. The van der Waals surface area contributed by atoms with Crippen molar-refractivity contribution in [3.05, 3.63) is 0 Å². The van der Waals surface area contributed by atoms with E-state index in [2.05, 4.69) is 5.32 Å². The predicted octanol–water partition coefficient (Wildman–Crippen LogP) is 0.286. The van der Waals surface area contributed by atoms with Gasteiger partial charge in [-0.3, -0.25) is 4.79 Å². The van der Waals surface area contributed by atoms with Gasteiger partial charge < -0.3 is 20.3 Å². The fourth-order valence-electron chi connectivity index (χ4n) is 2.78. The quantitative estimate of drug-likeness (QED) is 0.683. The highest BCUT2D eigenvalue weighted by Crippen LogP contribution is 2.24. The third kappa shape index (κ3) is 3.67. The molecule has 0 aromatic carbocycles. The largest absolute Gasteiger partial charge is 0.479 e. The molecule has 1 aliphatic heterocycles. The summed E-state index contributed by atoms with van der Waals surface area (Å²) in [6, 6.07) is 0. The SMILES string of the molecule is O=C(NCC1CCCCC1O)[C@@H]1CC[C@H](C(=O)O)O1. The van der Waals surface area contributed by atoms with Crippen molar-refractivity contribution in [3.8, 4) is 0 Å². The summed E-state index contributed by atoms with van der Waals surface area (Å²) in [4.78, 5) is 22.6. The smallest absolute Gasteiger partial charge is 0.332 e. The third-order valence-electron chi connectivity index (χ3n) is 3.99. The standard InChI is InChI=1S/C13H21NO5/c15-9-4-2-1-3-8(9)7-14-12(16)10-5-6-11(19-10)13(17)18/h8-11,15H,1-7H2,(H,14,16)(H,17,18)/t8?,9?,10-,11+/m0/s1. The summed E-state index contributed by atoms with van der Waals surface area (Å²) >= 11 is 0. The molecule has 0 aromatic heterocycles. The lowest BCUT2D eigenvalue weighted by atomic mass is 9.86. The van der Waals surface area contributed by atoms with Crippen molar-refractivity contribution in [2.24, 2.45) is 5.92 Å². The first kappa shape index (κ1) is 14.3. The number of carbonyl (C=O) groups excluding carboxylic acids is 1. The number of carboxylic acid groups (broad SMARTS) is 1. The summed E-state index contributed by atoms with van der Waals surface area (Å²) in [6.45, 7) is 0.442. The molecule has 1 saturated carbocycles. The van der Waals surface area contributed by atoms with Crippen LogP contribution in [-0.2, 0) is 14.3 Å². The summed E-state index contributed by atoms with van der Waals surface area (Å²) in [7, 11) is 0. The molecule has 1 heterocycles. The van der Waals surface area contributed by atoms with Crippen LogP contribution in [0.5, 0.6) is 0 Å². The van der Waals surface area contributed by atoms with E-state index < -0.39 is 18.2 Å². The first-order valence-electron chi connectivity index (χ1n) is 6.92. The fraction of sp³-hybridized carbons (Fsp3) is 0.846. The minimum Gasteiger partial charge on any atom is -0.479 e. The van der Waals surface area contributed by atoms with E-state index in [0.29, 0.717) is 19.4 Å². The lowest BCUT2D eigenvalue weighted by Crippen LogP contribution is -2.41. The van der Waals surface area contributed by atoms with Crippen LogP contribution in [0.4, 0.5) is 0 Å². The zero-order chi connectivity index (χ0) is 13.8. The predicted molar refractivity (Wildman–Crippen MR) is 66.5 cm³/mol. The molecule has 108 valence electrons. The number of carboxylic acids is 1. The number of amides is 1. The second-order valence-corrected chi connectivity index (χ2v) is 5.39. The van der Waals surface area contributed by atoms with E-state index in [-0.39, 0.29) is 17.9 Å². The van der Waals surface area contributed by atoms with Crippen molar-refractivity contribution in [1.82, 2.24) is 5.32 Å². The Morgan fingerprint density at radius 2 is 1.79 bits per heavy atom. The zero-order valence-corrected chi connectivity index (χ0v) is 10.9. The molecular formula is C13H21NO5. The number of aliphatic hydroxyl groups is 1. The number of aliphatic carboxylic acids is 1. The fourth-order valence-corrected chi connectivity index (χ4v) is 2.78. The number of carbonyl (C=O) groups is 2. The summed E-state index contributed by atoms with van der Waals surface area (Å²) in [5, 5.41) is 21.4. The van der Waals surface area contributed by atoms with Crippen LogP contribution in [0.1, 0.15) is 38.5 Å². The van der Waals surface area contributed by atoms with Gasteiger partial charge in [0.15, 0.2) is 6.10 Å². The highest BCUT2D eigenvalue weighted by molar-refractivity contribution is 5.82. The zero-order valence-electron chi connectivity index (χ0n) is 10.9. The van der Waals surface area contributed by atoms with Gasteiger partial charge in [-0.15, -0.1) is 0 Å². The van der Waals surface area contributed by atoms with Crippen LogP contribution < -0.4 is 5.32 Å². The molecule has 0 spiro atoms. The normalized spacial score (nSPS) is 35.0. The van der Waals surface area contributed by atoms with Gasteiger partial charge >= 0.3 is 5.97 Å². The molecule has 0 bridgehead atoms. The summed E-state index contributed by atoms with van der Waals surface area (Å²) in [5.74, 6) is -1.17. The van der Waals surface area contributed by atoms with Crippen molar-refractivity contribution < 1.29 is 24.5 Å². The van der Waals surface area contributed by atoms with Crippen molar-refractivity contribution in [2.75, 3.05) is 6.54 Å². The van der Waals surface area contributed by atoms with E-state index in [0.717, 1.165) is 25.7 Å². The van der Waals surface area contributed by atoms with E-state index in [1.807, 2.05) is 0 Å². The van der Waals surface area contributed by atoms with Crippen LogP contribution in [0.2, 0.25) is 0 Å². The van der Waals surface area contributed by atoms with Crippen LogP contribution in [0.3, 0.4) is 0 Å². The maximum atomic E-state index is 11.9.